The van der Waals surface area contributed by atoms with E-state index in [-0.39, 0.29) is 0 Å². The van der Waals surface area contributed by atoms with E-state index in [4.69, 9.17) is 10.5 Å². The smallest absolute Gasteiger partial charge is 0.197 e. The first-order chi connectivity index (χ1) is 7.72. The number of anilines is 2. The molecule has 6 heteroatoms. The lowest BCUT2D eigenvalue weighted by atomic mass is 10.4. The Labute approximate surface area is 101 Å². The summed E-state index contributed by atoms with van der Waals surface area (Å²) in [6, 6.07) is 0. The van der Waals surface area contributed by atoms with Crippen molar-refractivity contribution in [2.24, 2.45) is 0 Å². The highest BCUT2D eigenvalue weighted by Gasteiger charge is 2.11. The third kappa shape index (κ3) is 3.24. The van der Waals surface area contributed by atoms with Crippen LogP contribution in [0.5, 0.6) is 5.75 Å². The Morgan fingerprint density at radius 3 is 2.69 bits per heavy atom. The van der Waals surface area contributed by atoms with Gasteiger partial charge >= 0.3 is 0 Å². The summed E-state index contributed by atoms with van der Waals surface area (Å²) < 4.78 is 9.22. The lowest BCUT2D eigenvalue weighted by Crippen LogP contribution is -2.28. The van der Waals surface area contributed by atoms with Gasteiger partial charge in [0.05, 0.1) is 7.11 Å². The third-order valence-corrected chi connectivity index (χ3v) is 3.29. The summed E-state index contributed by atoms with van der Waals surface area (Å²) in [5.74, 6) is 1.11. The van der Waals surface area contributed by atoms with E-state index in [9.17, 15) is 0 Å². The monoisotopic (exact) mass is 244 g/mol. The number of rotatable bonds is 7. The van der Waals surface area contributed by atoms with Gasteiger partial charge in [-0.1, -0.05) is 13.8 Å². The number of likely N-dealkylation sites (N-methyl/N-ethyl adjacent to an activating group) is 1. The molecule has 0 amide bonds. The Balaban J connectivity index is 2.42. The number of ether oxygens (including phenoxy) is 1. The zero-order chi connectivity index (χ0) is 12.0. The molecular weight excluding hydrogens is 224 g/mol. The average molecular weight is 244 g/mol. The Kier molecular flexibility index (Phi) is 5.34. The Morgan fingerprint density at radius 2 is 2.12 bits per heavy atom. The van der Waals surface area contributed by atoms with Crippen molar-refractivity contribution in [3.63, 3.8) is 0 Å². The van der Waals surface area contributed by atoms with Gasteiger partial charge < -0.3 is 20.7 Å². The van der Waals surface area contributed by atoms with Gasteiger partial charge in [-0.3, -0.25) is 0 Å². The molecule has 0 aromatic carbocycles. The molecule has 0 bridgehead atoms. The molecular formula is C10H20N4OS. The molecule has 0 atom stereocenters. The number of hydrogen-bond acceptors (Lipinski definition) is 6. The van der Waals surface area contributed by atoms with Crippen LogP contribution in [-0.2, 0) is 0 Å². The first-order valence-electron chi connectivity index (χ1n) is 5.48. The van der Waals surface area contributed by atoms with Crippen LogP contribution in [0.4, 0.5) is 10.8 Å². The minimum Gasteiger partial charge on any atom is -0.490 e. The highest BCUT2D eigenvalue weighted by Crippen LogP contribution is 2.34. The van der Waals surface area contributed by atoms with E-state index in [2.05, 4.69) is 28.4 Å². The summed E-state index contributed by atoms with van der Waals surface area (Å²) in [4.78, 5) is 2.35. The van der Waals surface area contributed by atoms with Crippen LogP contribution in [-0.4, -0.2) is 42.6 Å². The lowest BCUT2D eigenvalue weighted by Gasteiger charge is -2.18. The van der Waals surface area contributed by atoms with E-state index in [1.807, 2.05) is 0 Å². The molecule has 0 radical (unpaired) electrons. The average Bonchev–Trinajstić information content (AvgIpc) is 2.65. The van der Waals surface area contributed by atoms with Crippen LogP contribution in [0.25, 0.3) is 0 Å². The molecule has 0 aliphatic rings. The molecule has 0 unspecified atom stereocenters. The Morgan fingerprint density at radius 1 is 1.44 bits per heavy atom. The second kappa shape index (κ2) is 6.55. The lowest BCUT2D eigenvalue weighted by molar-refractivity contribution is 0.316. The maximum atomic E-state index is 5.66. The number of nitrogens with one attached hydrogen (secondary N) is 1. The van der Waals surface area contributed by atoms with E-state index in [1.54, 1.807) is 7.11 Å². The second-order valence-corrected chi connectivity index (χ2v) is 4.16. The second-order valence-electron chi connectivity index (χ2n) is 3.38. The molecule has 1 aromatic heterocycles. The quantitative estimate of drug-likeness (QED) is 0.761. The fourth-order valence-electron chi connectivity index (χ4n) is 1.47. The van der Waals surface area contributed by atoms with Crippen molar-refractivity contribution in [2.75, 3.05) is 44.3 Å². The number of nitrogens with two attached hydrogens (primary N) is 1. The van der Waals surface area contributed by atoms with Gasteiger partial charge in [-0.05, 0) is 24.6 Å². The predicted molar refractivity (Wildman–Crippen MR) is 69.4 cm³/mol. The van der Waals surface area contributed by atoms with E-state index >= 15 is 0 Å². The molecule has 3 N–H and O–H groups in total. The summed E-state index contributed by atoms with van der Waals surface area (Å²) in [7, 11) is 1.61. The summed E-state index contributed by atoms with van der Waals surface area (Å²) in [5.41, 5.74) is 5.66. The number of aromatic nitrogens is 1. The highest BCUT2D eigenvalue weighted by atomic mass is 32.1. The summed E-state index contributed by atoms with van der Waals surface area (Å²) in [6.07, 6.45) is 0. The fraction of sp³-hybridized carbons (Fsp3) is 0.700. The Bertz CT molecular complexity index is 312. The summed E-state index contributed by atoms with van der Waals surface area (Å²) in [6.45, 7) is 8.34. The molecule has 0 fully saturated rings. The van der Waals surface area contributed by atoms with Crippen LogP contribution in [0, 0.1) is 0 Å². The molecule has 1 heterocycles. The van der Waals surface area contributed by atoms with Crippen molar-refractivity contribution in [2.45, 2.75) is 13.8 Å². The van der Waals surface area contributed by atoms with Crippen LogP contribution in [0.15, 0.2) is 0 Å². The van der Waals surface area contributed by atoms with Gasteiger partial charge in [0.15, 0.2) is 16.6 Å². The van der Waals surface area contributed by atoms with Crippen molar-refractivity contribution in [1.29, 1.82) is 0 Å². The van der Waals surface area contributed by atoms with E-state index in [1.165, 1.54) is 11.5 Å². The van der Waals surface area contributed by atoms with Crippen LogP contribution in [0.2, 0.25) is 0 Å². The van der Waals surface area contributed by atoms with Crippen LogP contribution in [0.3, 0.4) is 0 Å². The summed E-state index contributed by atoms with van der Waals surface area (Å²) in [5, 5.41) is 4.20. The van der Waals surface area contributed by atoms with Gasteiger partial charge in [0, 0.05) is 13.1 Å². The first-order valence-corrected chi connectivity index (χ1v) is 6.25. The predicted octanol–water partition coefficient (Wildman–Crippen LogP) is 1.49. The molecule has 5 nitrogen and oxygen atoms in total. The number of methoxy groups -OCH3 is 1. The van der Waals surface area contributed by atoms with Gasteiger partial charge in [-0.2, -0.15) is 4.37 Å². The van der Waals surface area contributed by atoms with E-state index in [0.29, 0.717) is 11.6 Å². The van der Waals surface area contributed by atoms with Gasteiger partial charge in [-0.15, -0.1) is 0 Å². The van der Waals surface area contributed by atoms with Crippen molar-refractivity contribution in [3.05, 3.63) is 0 Å². The summed E-state index contributed by atoms with van der Waals surface area (Å²) >= 11 is 1.34. The zero-order valence-electron chi connectivity index (χ0n) is 10.1. The van der Waals surface area contributed by atoms with Crippen LogP contribution >= 0.6 is 11.5 Å². The molecule has 16 heavy (non-hydrogen) atoms. The number of nitrogens with zero attached hydrogens (tertiary/aromatic N) is 2. The maximum absolute atomic E-state index is 5.66. The molecule has 0 saturated carbocycles. The normalized spacial score (nSPS) is 10.8. The number of nitrogen functional groups attached to an aromatic ring is 1. The standard InChI is InChI=1S/C10H20N4OS/c1-4-14(5-2)7-6-12-10-8(15-3)9(11)13-16-10/h12H,4-7H2,1-3H3,(H2,11,13). The molecule has 92 valence electrons. The minimum absolute atomic E-state index is 0.456. The zero-order valence-corrected chi connectivity index (χ0v) is 10.9. The van der Waals surface area contributed by atoms with Crippen LogP contribution in [0.1, 0.15) is 13.8 Å². The molecule has 0 saturated heterocycles. The molecule has 0 aliphatic heterocycles. The van der Waals surface area contributed by atoms with Gasteiger partial charge in [0.2, 0.25) is 0 Å². The fourth-order valence-corrected chi connectivity index (χ4v) is 2.18. The minimum atomic E-state index is 0.456. The largest absolute Gasteiger partial charge is 0.490 e. The molecule has 0 aliphatic carbocycles. The van der Waals surface area contributed by atoms with Crippen molar-refractivity contribution in [1.82, 2.24) is 9.27 Å². The highest BCUT2D eigenvalue weighted by molar-refractivity contribution is 7.11. The molecule has 0 spiro atoms. The van der Waals surface area contributed by atoms with E-state index in [0.717, 1.165) is 31.2 Å². The SMILES string of the molecule is CCN(CC)CCNc1snc(N)c1OC. The molecule has 1 aromatic rings. The third-order valence-electron chi connectivity index (χ3n) is 2.49. The maximum Gasteiger partial charge on any atom is 0.197 e. The molecule has 1 rings (SSSR count). The van der Waals surface area contributed by atoms with Crippen molar-refractivity contribution < 1.29 is 4.74 Å². The van der Waals surface area contributed by atoms with Crippen molar-refractivity contribution in [3.8, 4) is 5.75 Å². The van der Waals surface area contributed by atoms with Crippen LogP contribution < -0.4 is 15.8 Å². The topological polar surface area (TPSA) is 63.4 Å². The van der Waals surface area contributed by atoms with Gasteiger partial charge in [0.25, 0.3) is 0 Å². The van der Waals surface area contributed by atoms with Gasteiger partial charge in [-0.25, -0.2) is 0 Å². The van der Waals surface area contributed by atoms with Crippen molar-refractivity contribution >= 4 is 22.4 Å². The number of hydrogen-bond donors (Lipinski definition) is 2. The Hall–Kier alpha value is -1.01. The van der Waals surface area contributed by atoms with E-state index < -0.39 is 0 Å². The van der Waals surface area contributed by atoms with Gasteiger partial charge in [0.1, 0.15) is 0 Å². The first kappa shape index (κ1) is 13.1.